The summed E-state index contributed by atoms with van der Waals surface area (Å²) in [6.07, 6.45) is 11.4. The smallest absolute Gasteiger partial charge is 0.0490 e. The normalized spacial score (nSPS) is 18.0. The summed E-state index contributed by atoms with van der Waals surface area (Å²) in [5.74, 6) is 1.54. The van der Waals surface area contributed by atoms with Crippen LogP contribution in [0.1, 0.15) is 55.7 Å². The van der Waals surface area contributed by atoms with Crippen LogP contribution in [0.4, 0.5) is 0 Å². The van der Waals surface area contributed by atoms with Crippen LogP contribution >= 0.6 is 0 Å². The molecule has 1 aromatic heterocycles. The average molecular weight is 268 g/mol. The molecule has 0 radical (unpaired) electrons. The lowest BCUT2D eigenvalue weighted by Gasteiger charge is -2.26. The Balaban J connectivity index is 1.72. The molecule has 20 heavy (non-hydrogen) atoms. The molecule has 1 atom stereocenters. The number of benzene rings is 1. The molecule has 1 fully saturated rings. The van der Waals surface area contributed by atoms with Crippen LogP contribution in [0.5, 0.6) is 0 Å². The Morgan fingerprint density at radius 2 is 1.85 bits per heavy atom. The van der Waals surface area contributed by atoms with E-state index < -0.39 is 0 Å². The first-order chi connectivity index (χ1) is 9.92. The summed E-state index contributed by atoms with van der Waals surface area (Å²) in [6.45, 7) is 0. The van der Waals surface area contributed by atoms with Crippen molar-refractivity contribution in [1.82, 2.24) is 10.2 Å². The molecule has 0 saturated heterocycles. The summed E-state index contributed by atoms with van der Waals surface area (Å²) in [7, 11) is 0. The molecule has 2 heteroatoms. The van der Waals surface area contributed by atoms with Crippen LogP contribution in [-0.2, 0) is 6.42 Å². The van der Waals surface area contributed by atoms with E-state index >= 15 is 0 Å². The van der Waals surface area contributed by atoms with E-state index in [4.69, 9.17) is 0 Å². The lowest BCUT2D eigenvalue weighted by atomic mass is 9.79. The van der Waals surface area contributed by atoms with Gasteiger partial charge in [-0.2, -0.15) is 5.10 Å². The van der Waals surface area contributed by atoms with Crippen molar-refractivity contribution in [3.8, 4) is 0 Å². The van der Waals surface area contributed by atoms with Crippen molar-refractivity contribution in [2.45, 2.75) is 50.9 Å². The molecule has 2 aromatic rings. The van der Waals surface area contributed by atoms with Gasteiger partial charge in [-0.1, -0.05) is 62.4 Å². The molecule has 106 valence electrons. The molecule has 0 amide bonds. The first-order valence-corrected chi connectivity index (χ1v) is 7.95. The van der Waals surface area contributed by atoms with Crippen molar-refractivity contribution >= 4 is 0 Å². The molecule has 3 rings (SSSR count). The van der Waals surface area contributed by atoms with E-state index in [-0.39, 0.29) is 0 Å². The summed E-state index contributed by atoms with van der Waals surface area (Å²) in [4.78, 5) is 0. The zero-order chi connectivity index (χ0) is 13.6. The van der Waals surface area contributed by atoms with Gasteiger partial charge in [-0.05, 0) is 36.3 Å². The molecular weight excluding hydrogens is 244 g/mol. The highest BCUT2D eigenvalue weighted by Crippen LogP contribution is 2.34. The molecule has 1 saturated carbocycles. The molecule has 0 spiro atoms. The van der Waals surface area contributed by atoms with E-state index in [1.807, 2.05) is 6.20 Å². The fraction of sp³-hybridized carbons (Fsp3) is 0.500. The van der Waals surface area contributed by atoms with Crippen molar-refractivity contribution in [1.29, 1.82) is 0 Å². The third kappa shape index (κ3) is 3.50. The Hall–Kier alpha value is -1.57. The number of nitrogens with one attached hydrogen (secondary N) is 1. The SMILES string of the molecule is c1ccc(C(Cc2ccn[nH]2)CC2CCCCC2)cc1. The molecule has 1 aromatic carbocycles. The van der Waals surface area contributed by atoms with Gasteiger partial charge in [-0.15, -0.1) is 0 Å². The Kier molecular flexibility index (Phi) is 4.52. The minimum atomic E-state index is 0.625. The molecule has 0 bridgehead atoms. The van der Waals surface area contributed by atoms with Crippen LogP contribution in [0.15, 0.2) is 42.6 Å². The van der Waals surface area contributed by atoms with Crippen LogP contribution in [0, 0.1) is 5.92 Å². The topological polar surface area (TPSA) is 28.7 Å². The number of aromatic nitrogens is 2. The van der Waals surface area contributed by atoms with Gasteiger partial charge in [0.15, 0.2) is 0 Å². The molecule has 1 unspecified atom stereocenters. The standard InChI is InChI=1S/C18H24N2/c1-3-7-15(8-4-1)13-17(14-18-11-12-19-20-18)16-9-5-2-6-10-16/h2,5-6,9-12,15,17H,1,3-4,7-8,13-14H2,(H,19,20). The second-order valence-electron chi connectivity index (χ2n) is 6.13. The van der Waals surface area contributed by atoms with Crippen molar-refractivity contribution < 1.29 is 0 Å². The van der Waals surface area contributed by atoms with E-state index in [0.29, 0.717) is 5.92 Å². The van der Waals surface area contributed by atoms with Crippen molar-refractivity contribution in [3.63, 3.8) is 0 Å². The summed E-state index contributed by atoms with van der Waals surface area (Å²) in [5, 5.41) is 7.22. The lowest BCUT2D eigenvalue weighted by Crippen LogP contribution is -2.13. The quantitative estimate of drug-likeness (QED) is 0.836. The minimum Gasteiger partial charge on any atom is -0.283 e. The molecule has 1 N–H and O–H groups in total. The summed E-state index contributed by atoms with van der Waals surface area (Å²) >= 11 is 0. The zero-order valence-corrected chi connectivity index (χ0v) is 12.1. The third-order valence-corrected chi connectivity index (χ3v) is 4.64. The maximum Gasteiger partial charge on any atom is 0.0490 e. The van der Waals surface area contributed by atoms with E-state index in [0.717, 1.165) is 12.3 Å². The van der Waals surface area contributed by atoms with Crippen molar-refractivity contribution in [2.24, 2.45) is 5.92 Å². The van der Waals surface area contributed by atoms with Crippen LogP contribution < -0.4 is 0 Å². The Morgan fingerprint density at radius 1 is 1.05 bits per heavy atom. The summed E-state index contributed by atoms with van der Waals surface area (Å²) < 4.78 is 0. The predicted molar refractivity (Wildman–Crippen MR) is 82.7 cm³/mol. The summed E-state index contributed by atoms with van der Waals surface area (Å²) in [5.41, 5.74) is 2.74. The van der Waals surface area contributed by atoms with Gasteiger partial charge in [-0.3, -0.25) is 5.10 Å². The van der Waals surface area contributed by atoms with Crippen LogP contribution in [0.3, 0.4) is 0 Å². The van der Waals surface area contributed by atoms with Gasteiger partial charge in [0.1, 0.15) is 0 Å². The number of H-pyrrole nitrogens is 1. The Morgan fingerprint density at radius 3 is 2.55 bits per heavy atom. The van der Waals surface area contributed by atoms with Gasteiger partial charge in [0.2, 0.25) is 0 Å². The van der Waals surface area contributed by atoms with Crippen LogP contribution in [0.2, 0.25) is 0 Å². The van der Waals surface area contributed by atoms with Gasteiger partial charge < -0.3 is 0 Å². The fourth-order valence-corrected chi connectivity index (χ4v) is 3.55. The van der Waals surface area contributed by atoms with Crippen LogP contribution in [0.25, 0.3) is 0 Å². The zero-order valence-electron chi connectivity index (χ0n) is 12.1. The highest BCUT2D eigenvalue weighted by atomic mass is 15.1. The Labute approximate surface area is 121 Å². The fourth-order valence-electron chi connectivity index (χ4n) is 3.55. The molecule has 1 heterocycles. The maximum atomic E-state index is 4.09. The van der Waals surface area contributed by atoms with Gasteiger partial charge in [0.05, 0.1) is 0 Å². The van der Waals surface area contributed by atoms with E-state index in [9.17, 15) is 0 Å². The minimum absolute atomic E-state index is 0.625. The maximum absolute atomic E-state index is 4.09. The summed E-state index contributed by atoms with van der Waals surface area (Å²) in [6, 6.07) is 13.1. The van der Waals surface area contributed by atoms with Crippen LogP contribution in [-0.4, -0.2) is 10.2 Å². The van der Waals surface area contributed by atoms with E-state index in [1.54, 1.807) is 0 Å². The second kappa shape index (κ2) is 6.74. The molecule has 0 aliphatic heterocycles. The largest absolute Gasteiger partial charge is 0.283 e. The van der Waals surface area contributed by atoms with Gasteiger partial charge in [-0.25, -0.2) is 0 Å². The van der Waals surface area contributed by atoms with Crippen molar-refractivity contribution in [2.75, 3.05) is 0 Å². The second-order valence-corrected chi connectivity index (χ2v) is 6.13. The first-order valence-electron chi connectivity index (χ1n) is 7.95. The average Bonchev–Trinajstić information content (AvgIpc) is 3.02. The van der Waals surface area contributed by atoms with Gasteiger partial charge >= 0.3 is 0 Å². The van der Waals surface area contributed by atoms with E-state index in [1.165, 1.54) is 49.8 Å². The monoisotopic (exact) mass is 268 g/mol. The van der Waals surface area contributed by atoms with Gasteiger partial charge in [0, 0.05) is 11.9 Å². The van der Waals surface area contributed by atoms with Gasteiger partial charge in [0.25, 0.3) is 0 Å². The molecule has 2 nitrogen and oxygen atoms in total. The third-order valence-electron chi connectivity index (χ3n) is 4.64. The number of hydrogen-bond donors (Lipinski definition) is 1. The highest BCUT2D eigenvalue weighted by Gasteiger charge is 2.20. The number of hydrogen-bond acceptors (Lipinski definition) is 1. The Bertz CT molecular complexity index is 483. The molecule has 1 aliphatic rings. The number of aromatic amines is 1. The highest BCUT2D eigenvalue weighted by molar-refractivity contribution is 5.21. The van der Waals surface area contributed by atoms with Crippen molar-refractivity contribution in [3.05, 3.63) is 53.9 Å². The molecule has 1 aliphatic carbocycles. The number of rotatable bonds is 5. The number of nitrogens with zero attached hydrogens (tertiary/aromatic N) is 1. The van der Waals surface area contributed by atoms with E-state index in [2.05, 4.69) is 46.6 Å². The first kappa shape index (κ1) is 13.4. The predicted octanol–water partition coefficient (Wildman–Crippen LogP) is 4.71. The molecular formula is C18H24N2. The lowest BCUT2D eigenvalue weighted by molar-refractivity contribution is 0.316.